The summed E-state index contributed by atoms with van der Waals surface area (Å²) in [7, 11) is 0. The molecule has 10 atom stereocenters. The van der Waals surface area contributed by atoms with E-state index in [0.717, 1.165) is 51.4 Å². The molecule has 0 amide bonds. The van der Waals surface area contributed by atoms with Gasteiger partial charge < -0.3 is 31.7 Å². The van der Waals surface area contributed by atoms with Gasteiger partial charge in [0.15, 0.2) is 0 Å². The molecule has 3 aliphatic heterocycles. The number of hydrogen-bond donors (Lipinski definition) is 7. The van der Waals surface area contributed by atoms with Crippen LogP contribution in [0.5, 0.6) is 0 Å². The fourth-order valence-corrected chi connectivity index (χ4v) is 12.7. The first kappa shape index (κ1) is 38.7. The molecular weight excluding hydrogens is 649 g/mol. The largest absolute Gasteiger partial charge is 0.481 e. The third-order valence-electron chi connectivity index (χ3n) is 15.9. The molecule has 5 fully saturated rings. The number of aliphatic carboxylic acids is 1. The smallest absolute Gasteiger partial charge is 0.306 e. The van der Waals surface area contributed by atoms with Crippen LogP contribution in [0.4, 0.5) is 0 Å². The fourth-order valence-electron chi connectivity index (χ4n) is 12.7. The predicted molar refractivity (Wildman–Crippen MR) is 208 cm³/mol. The highest BCUT2D eigenvalue weighted by molar-refractivity contribution is 5.68. The summed E-state index contributed by atoms with van der Waals surface area (Å²) >= 11 is 0. The number of piperidine rings is 2. The number of aliphatic hydroxyl groups is 2. The van der Waals surface area contributed by atoms with Crippen molar-refractivity contribution in [1.29, 1.82) is 0 Å². The maximum Gasteiger partial charge on any atom is 0.306 e. The number of benzene rings is 1. The first-order valence-corrected chi connectivity index (χ1v) is 21.6. The Morgan fingerprint density at radius 2 is 1.62 bits per heavy atom. The minimum absolute atomic E-state index is 0.00953. The number of nitrogens with two attached hydrogens (primary N) is 1. The second-order valence-electron chi connectivity index (χ2n) is 19.6. The van der Waals surface area contributed by atoms with Crippen molar-refractivity contribution in [2.45, 2.75) is 202 Å². The summed E-state index contributed by atoms with van der Waals surface area (Å²) in [5, 5.41) is 44.2. The number of aliphatic hydroxyl groups excluding tert-OH is 1. The molecule has 0 aromatic heterocycles. The van der Waals surface area contributed by atoms with E-state index in [1.807, 2.05) is 0 Å². The summed E-state index contributed by atoms with van der Waals surface area (Å²) in [6.07, 6.45) is 22.6. The van der Waals surface area contributed by atoms with E-state index in [1.54, 1.807) is 0 Å². The molecule has 6 aliphatic rings. The van der Waals surface area contributed by atoms with E-state index in [4.69, 9.17) is 5.73 Å². The Kier molecular flexibility index (Phi) is 11.8. The summed E-state index contributed by atoms with van der Waals surface area (Å²) in [6.45, 7) is 4.69. The highest BCUT2D eigenvalue weighted by Crippen LogP contribution is 2.51. The van der Waals surface area contributed by atoms with Crippen molar-refractivity contribution in [1.82, 2.24) is 16.0 Å². The molecular formula is C44H72N4O4. The van der Waals surface area contributed by atoms with Crippen LogP contribution in [0.3, 0.4) is 0 Å². The van der Waals surface area contributed by atoms with Gasteiger partial charge in [0.1, 0.15) is 0 Å². The van der Waals surface area contributed by atoms with Crippen LogP contribution in [0, 0.1) is 23.2 Å². The average Bonchev–Trinajstić information content (AvgIpc) is 3.59. The Balaban J connectivity index is 1.24. The van der Waals surface area contributed by atoms with Crippen molar-refractivity contribution in [2.24, 2.45) is 28.9 Å². The maximum absolute atomic E-state index is 12.2. The minimum atomic E-state index is -1.30. The summed E-state index contributed by atoms with van der Waals surface area (Å²) in [5.41, 5.74) is 8.39. The summed E-state index contributed by atoms with van der Waals surface area (Å²) in [6, 6.07) is 10.6. The first-order chi connectivity index (χ1) is 24.9. The lowest BCUT2D eigenvalue weighted by molar-refractivity contribution is -0.143. The first-order valence-electron chi connectivity index (χ1n) is 21.6. The van der Waals surface area contributed by atoms with Crippen LogP contribution in [0.15, 0.2) is 24.3 Å². The van der Waals surface area contributed by atoms with Crippen LogP contribution >= 0.6 is 0 Å². The molecule has 3 aliphatic carbocycles. The Morgan fingerprint density at radius 3 is 2.37 bits per heavy atom. The Hall–Kier alpha value is -1.55. The van der Waals surface area contributed by atoms with Crippen molar-refractivity contribution in [3.63, 3.8) is 0 Å². The van der Waals surface area contributed by atoms with Crippen LogP contribution in [-0.4, -0.2) is 69.4 Å². The lowest BCUT2D eigenvalue weighted by atomic mass is 9.60. The number of carboxylic acids is 1. The quantitative estimate of drug-likeness (QED) is 0.183. The van der Waals surface area contributed by atoms with Crippen LogP contribution in [-0.2, 0) is 16.6 Å². The number of β-amino-alcohol motifs (C(OH)–C–C–N with tert-alkyl or cyclic N) is 1. The van der Waals surface area contributed by atoms with Gasteiger partial charge in [0.25, 0.3) is 0 Å². The number of hydrogen-bond acceptors (Lipinski definition) is 7. The number of carbonyl (C=O) groups is 1. The third kappa shape index (κ3) is 8.63. The molecule has 8 nitrogen and oxygen atoms in total. The summed E-state index contributed by atoms with van der Waals surface area (Å²) in [4.78, 5) is 12.2. The van der Waals surface area contributed by atoms with E-state index in [9.17, 15) is 20.1 Å². The van der Waals surface area contributed by atoms with Gasteiger partial charge in [-0.2, -0.15) is 0 Å². The molecule has 3 saturated carbocycles. The Bertz CT molecular complexity index is 1360. The summed E-state index contributed by atoms with van der Waals surface area (Å²) in [5.74, 6) is 1.01. The van der Waals surface area contributed by atoms with E-state index in [-0.39, 0.29) is 53.7 Å². The highest BCUT2D eigenvalue weighted by Gasteiger charge is 2.49. The van der Waals surface area contributed by atoms with Gasteiger partial charge in [-0.05, 0) is 151 Å². The molecule has 4 bridgehead atoms. The minimum Gasteiger partial charge on any atom is -0.481 e. The van der Waals surface area contributed by atoms with Gasteiger partial charge in [-0.3, -0.25) is 10.1 Å². The number of rotatable bonds is 3. The molecule has 1 aromatic rings. The van der Waals surface area contributed by atoms with Gasteiger partial charge in [0.05, 0.1) is 24.3 Å². The zero-order chi connectivity index (χ0) is 36.6. The SMILES string of the molecule is C[C@H]1N[C@H]([C@H]2CC[C@H]3CCC4(CCCC4)CC[C@@](O)(CC(=O)O)CN[C@]4(C)C[C@H](N[C@@H](N)C4)C4(CCCCC4)c4cccc(c4)C[C@@H]3C2)CC[C@H]1O. The fraction of sp³-hybridized carbons (Fsp3) is 0.841. The van der Waals surface area contributed by atoms with Crippen LogP contribution < -0.4 is 21.7 Å². The molecule has 2 spiro atoms. The van der Waals surface area contributed by atoms with Crippen molar-refractivity contribution < 1.29 is 20.1 Å². The molecule has 8 N–H and O–H groups in total. The number of carboxylic acid groups (broad SMARTS) is 1. The van der Waals surface area contributed by atoms with Gasteiger partial charge in [-0.1, -0.05) is 56.4 Å². The Morgan fingerprint density at radius 1 is 0.865 bits per heavy atom. The van der Waals surface area contributed by atoms with E-state index < -0.39 is 11.6 Å². The van der Waals surface area contributed by atoms with Gasteiger partial charge in [0.2, 0.25) is 0 Å². The van der Waals surface area contributed by atoms with Gasteiger partial charge in [0, 0.05) is 35.6 Å². The normalized spacial score (nSPS) is 41.5. The predicted octanol–water partition coefficient (Wildman–Crippen LogP) is 6.69. The third-order valence-corrected chi connectivity index (χ3v) is 15.9. The molecule has 3 heterocycles. The highest BCUT2D eigenvalue weighted by atomic mass is 16.4. The van der Waals surface area contributed by atoms with Gasteiger partial charge in [-0.15, -0.1) is 0 Å². The lowest BCUT2D eigenvalue weighted by Crippen LogP contribution is -2.67. The zero-order valence-electron chi connectivity index (χ0n) is 32.5. The van der Waals surface area contributed by atoms with Crippen LogP contribution in [0.1, 0.15) is 160 Å². The molecule has 7 rings (SSSR count). The molecule has 8 heteroatoms. The van der Waals surface area contributed by atoms with E-state index in [1.165, 1.54) is 88.2 Å². The second-order valence-corrected chi connectivity index (χ2v) is 19.6. The van der Waals surface area contributed by atoms with E-state index in [2.05, 4.69) is 54.1 Å². The van der Waals surface area contributed by atoms with Gasteiger partial charge in [-0.25, -0.2) is 0 Å². The van der Waals surface area contributed by atoms with Crippen molar-refractivity contribution >= 4 is 5.97 Å². The average molecular weight is 721 g/mol. The van der Waals surface area contributed by atoms with Gasteiger partial charge >= 0.3 is 5.97 Å². The van der Waals surface area contributed by atoms with Crippen molar-refractivity contribution in [3.8, 4) is 0 Å². The standard InChI is InChI=1S/C44H72N4O4/c1-30-37(49)14-13-36(47-30)33-12-11-32-15-20-42(16-6-7-17-42)21-22-43(52,28-40(50)51)29-46-41(2)26-38(48-39(45)27-41)44(18-4-3-5-19-44)35-10-8-9-31(24-35)23-34(32)25-33/h8-10,24,30,32-34,36-39,46-49,52H,3-7,11-23,25-29,45H2,1-2H3,(H,50,51)/t30-,32+,33+,34-,36+,37-,38+,39-,41-,43-/m1/s1. The zero-order valence-corrected chi connectivity index (χ0v) is 32.5. The van der Waals surface area contributed by atoms with E-state index >= 15 is 0 Å². The molecule has 1 aromatic carbocycles. The summed E-state index contributed by atoms with van der Waals surface area (Å²) < 4.78 is 0. The maximum atomic E-state index is 12.2. The molecule has 292 valence electrons. The molecule has 2 saturated heterocycles. The number of nitrogens with one attached hydrogen (secondary N) is 3. The number of fused-ring (bicyclic) bond motifs is 7. The van der Waals surface area contributed by atoms with Crippen LogP contribution in [0.2, 0.25) is 0 Å². The van der Waals surface area contributed by atoms with Crippen LogP contribution in [0.25, 0.3) is 0 Å². The van der Waals surface area contributed by atoms with E-state index in [0.29, 0.717) is 30.2 Å². The molecule has 0 unspecified atom stereocenters. The molecule has 52 heavy (non-hydrogen) atoms. The second kappa shape index (κ2) is 15.9. The molecule has 0 radical (unpaired) electrons. The monoisotopic (exact) mass is 721 g/mol. The lowest BCUT2D eigenvalue weighted by Gasteiger charge is -2.53. The van der Waals surface area contributed by atoms with Crippen molar-refractivity contribution in [2.75, 3.05) is 6.54 Å². The van der Waals surface area contributed by atoms with Crippen molar-refractivity contribution in [3.05, 3.63) is 35.4 Å². The Labute approximate surface area is 314 Å². The topological polar surface area (TPSA) is 140 Å².